The molecule has 0 aromatic carbocycles. The van der Waals surface area contributed by atoms with Gasteiger partial charge in [-0.25, -0.2) is 0 Å². The van der Waals surface area contributed by atoms with E-state index in [1.165, 1.54) is 10.0 Å². The Kier molecular flexibility index (Phi) is 2.53. The molecule has 0 amide bonds. The lowest BCUT2D eigenvalue weighted by atomic mass is 9.99. The minimum absolute atomic E-state index is 0.115. The zero-order valence-electron chi connectivity index (χ0n) is 6.66. The summed E-state index contributed by atoms with van der Waals surface area (Å²) < 4.78 is 1.17. The topological polar surface area (TPSA) is 20.2 Å². The van der Waals surface area contributed by atoms with Crippen molar-refractivity contribution in [2.24, 2.45) is 0 Å². The lowest BCUT2D eigenvalue weighted by Crippen LogP contribution is -2.10. The summed E-state index contributed by atoms with van der Waals surface area (Å²) in [5.41, 5.74) is 1.30. The summed E-state index contributed by atoms with van der Waals surface area (Å²) in [7, 11) is 0. The van der Waals surface area contributed by atoms with Crippen molar-refractivity contribution in [3.05, 3.63) is 20.8 Å². The van der Waals surface area contributed by atoms with Crippen molar-refractivity contribution in [2.45, 2.75) is 31.3 Å². The second kappa shape index (κ2) is 3.48. The number of hydrogen-bond acceptors (Lipinski definition) is 2. The summed E-state index contributed by atoms with van der Waals surface area (Å²) in [6.45, 7) is 0. The molecule has 12 heavy (non-hydrogen) atoms. The van der Waals surface area contributed by atoms with Crippen LogP contribution < -0.4 is 0 Å². The molecule has 1 aliphatic carbocycles. The van der Waals surface area contributed by atoms with Crippen molar-refractivity contribution < 1.29 is 5.11 Å². The van der Waals surface area contributed by atoms with Gasteiger partial charge in [0.2, 0.25) is 0 Å². The van der Waals surface area contributed by atoms with Crippen LogP contribution in [-0.4, -0.2) is 11.2 Å². The Morgan fingerprint density at radius 2 is 2.25 bits per heavy atom. The van der Waals surface area contributed by atoms with Gasteiger partial charge in [0.05, 0.1) is 6.10 Å². The van der Waals surface area contributed by atoms with E-state index in [1.807, 2.05) is 0 Å². The molecule has 0 radical (unpaired) electrons. The summed E-state index contributed by atoms with van der Waals surface area (Å²) >= 11 is 5.20. The third-order valence-corrected chi connectivity index (χ3v) is 4.27. The molecule has 2 atom stereocenters. The van der Waals surface area contributed by atoms with Crippen molar-refractivity contribution >= 4 is 27.3 Å². The maximum Gasteiger partial charge on any atom is 0.0609 e. The van der Waals surface area contributed by atoms with Gasteiger partial charge in [0.1, 0.15) is 0 Å². The third-order valence-electron chi connectivity index (χ3n) is 2.52. The average molecular weight is 247 g/mol. The van der Waals surface area contributed by atoms with E-state index in [1.54, 1.807) is 11.3 Å². The molecule has 0 aliphatic heterocycles. The zero-order valence-corrected chi connectivity index (χ0v) is 9.07. The van der Waals surface area contributed by atoms with Gasteiger partial charge in [-0.2, -0.15) is 11.3 Å². The molecular formula is C9H11BrOS. The van der Waals surface area contributed by atoms with Gasteiger partial charge in [-0.15, -0.1) is 0 Å². The first-order valence-corrected chi connectivity index (χ1v) is 5.92. The standard InChI is InChI=1S/C9H11BrOS/c10-8-5-12-4-7(8)6-2-1-3-9(6)11/h4-6,9,11H,1-3H2. The van der Waals surface area contributed by atoms with Crippen LogP contribution in [0.3, 0.4) is 0 Å². The Morgan fingerprint density at radius 3 is 2.75 bits per heavy atom. The van der Waals surface area contributed by atoms with E-state index < -0.39 is 0 Å². The molecule has 2 rings (SSSR count). The van der Waals surface area contributed by atoms with E-state index >= 15 is 0 Å². The normalized spacial score (nSPS) is 29.5. The first kappa shape index (κ1) is 8.73. The second-order valence-electron chi connectivity index (χ2n) is 3.28. The smallest absolute Gasteiger partial charge is 0.0609 e. The second-order valence-corrected chi connectivity index (χ2v) is 4.88. The molecular weight excluding hydrogens is 236 g/mol. The number of hydrogen-bond donors (Lipinski definition) is 1. The fraction of sp³-hybridized carbons (Fsp3) is 0.556. The minimum atomic E-state index is -0.115. The molecule has 1 aromatic heterocycles. The summed E-state index contributed by atoms with van der Waals surface area (Å²) in [6, 6.07) is 0. The maximum atomic E-state index is 9.67. The lowest BCUT2D eigenvalue weighted by Gasteiger charge is -2.13. The molecule has 3 heteroatoms. The zero-order chi connectivity index (χ0) is 8.55. The number of aliphatic hydroxyl groups excluding tert-OH is 1. The van der Waals surface area contributed by atoms with E-state index in [9.17, 15) is 5.11 Å². The molecule has 1 fully saturated rings. The fourth-order valence-electron chi connectivity index (χ4n) is 1.86. The Morgan fingerprint density at radius 1 is 1.42 bits per heavy atom. The third kappa shape index (κ3) is 1.45. The fourth-order valence-corrected chi connectivity index (χ4v) is 3.51. The van der Waals surface area contributed by atoms with Crippen LogP contribution in [0.5, 0.6) is 0 Å². The monoisotopic (exact) mass is 246 g/mol. The van der Waals surface area contributed by atoms with Gasteiger partial charge < -0.3 is 5.11 Å². The Hall–Kier alpha value is 0.140. The largest absolute Gasteiger partial charge is 0.392 e. The van der Waals surface area contributed by atoms with Gasteiger partial charge in [0.25, 0.3) is 0 Å². The van der Waals surface area contributed by atoms with Crippen LogP contribution in [0.25, 0.3) is 0 Å². The van der Waals surface area contributed by atoms with Crippen molar-refractivity contribution in [1.82, 2.24) is 0 Å². The van der Waals surface area contributed by atoms with Crippen LogP contribution in [0.1, 0.15) is 30.7 Å². The van der Waals surface area contributed by atoms with E-state index in [0.29, 0.717) is 5.92 Å². The molecule has 2 unspecified atom stereocenters. The van der Waals surface area contributed by atoms with Gasteiger partial charge in [-0.1, -0.05) is 6.42 Å². The molecule has 66 valence electrons. The first-order chi connectivity index (χ1) is 5.79. The lowest BCUT2D eigenvalue weighted by molar-refractivity contribution is 0.164. The van der Waals surface area contributed by atoms with Crippen molar-refractivity contribution in [3.8, 4) is 0 Å². The number of thiophene rings is 1. The Labute approximate surface area is 84.6 Å². The summed E-state index contributed by atoms with van der Waals surface area (Å²) in [4.78, 5) is 0. The minimum Gasteiger partial charge on any atom is -0.392 e. The van der Waals surface area contributed by atoms with Gasteiger partial charge in [0.15, 0.2) is 0 Å². The molecule has 1 saturated carbocycles. The highest BCUT2D eigenvalue weighted by molar-refractivity contribution is 9.10. The SMILES string of the molecule is OC1CCCC1c1cscc1Br. The van der Waals surface area contributed by atoms with E-state index in [0.717, 1.165) is 19.3 Å². The van der Waals surface area contributed by atoms with Crippen LogP contribution in [0.2, 0.25) is 0 Å². The van der Waals surface area contributed by atoms with Gasteiger partial charge in [-0.05, 0) is 39.7 Å². The molecule has 1 N–H and O–H groups in total. The van der Waals surface area contributed by atoms with Crippen molar-refractivity contribution in [3.63, 3.8) is 0 Å². The highest BCUT2D eigenvalue weighted by Crippen LogP contribution is 2.39. The maximum absolute atomic E-state index is 9.67. The predicted octanol–water partition coefficient (Wildman–Crippen LogP) is 3.14. The Bertz CT molecular complexity index is 271. The number of halogens is 1. The van der Waals surface area contributed by atoms with E-state index in [4.69, 9.17) is 0 Å². The average Bonchev–Trinajstić information content (AvgIpc) is 2.59. The molecule has 0 saturated heterocycles. The number of rotatable bonds is 1. The molecule has 1 aliphatic rings. The van der Waals surface area contributed by atoms with Crippen LogP contribution >= 0.6 is 27.3 Å². The van der Waals surface area contributed by atoms with Crippen molar-refractivity contribution in [1.29, 1.82) is 0 Å². The van der Waals surface area contributed by atoms with Crippen LogP contribution in [0.15, 0.2) is 15.2 Å². The molecule has 1 aromatic rings. The molecule has 1 nitrogen and oxygen atoms in total. The summed E-state index contributed by atoms with van der Waals surface area (Å²) in [5.74, 6) is 0.380. The van der Waals surface area contributed by atoms with Crippen LogP contribution in [0, 0.1) is 0 Å². The van der Waals surface area contributed by atoms with Crippen molar-refractivity contribution in [2.75, 3.05) is 0 Å². The molecule has 1 heterocycles. The Balaban J connectivity index is 2.24. The predicted molar refractivity (Wildman–Crippen MR) is 54.6 cm³/mol. The van der Waals surface area contributed by atoms with Gasteiger partial charge in [-0.3, -0.25) is 0 Å². The van der Waals surface area contributed by atoms with E-state index in [-0.39, 0.29) is 6.10 Å². The molecule has 0 bridgehead atoms. The summed E-state index contributed by atoms with van der Waals surface area (Å²) in [6.07, 6.45) is 3.15. The number of aliphatic hydroxyl groups is 1. The quantitative estimate of drug-likeness (QED) is 0.808. The highest BCUT2D eigenvalue weighted by Gasteiger charge is 2.28. The van der Waals surface area contributed by atoms with Gasteiger partial charge >= 0.3 is 0 Å². The summed E-state index contributed by atoms with van der Waals surface area (Å²) in [5, 5.41) is 13.9. The van der Waals surface area contributed by atoms with Gasteiger partial charge in [0, 0.05) is 15.8 Å². The first-order valence-electron chi connectivity index (χ1n) is 4.18. The van der Waals surface area contributed by atoms with E-state index in [2.05, 4.69) is 26.7 Å². The van der Waals surface area contributed by atoms with Crippen LogP contribution in [0.4, 0.5) is 0 Å². The van der Waals surface area contributed by atoms with Crippen LogP contribution in [-0.2, 0) is 0 Å². The molecule has 0 spiro atoms. The highest BCUT2D eigenvalue weighted by atomic mass is 79.9.